The first-order valence-electron chi connectivity index (χ1n) is 18.1. The van der Waals surface area contributed by atoms with Crippen molar-refractivity contribution in [1.29, 1.82) is 0 Å². The average Bonchev–Trinajstić information content (AvgIpc) is 3.17. The minimum absolute atomic E-state index is 0.0471. The molecule has 2 heteroatoms. The summed E-state index contributed by atoms with van der Waals surface area (Å²) in [5, 5.41) is 0. The van der Waals surface area contributed by atoms with Gasteiger partial charge in [0, 0.05) is 34.1 Å². The molecule has 0 aliphatic heterocycles. The maximum atomic E-state index is 2.36. The highest BCUT2D eigenvalue weighted by atomic mass is 15.1. The number of nitrogens with zero attached hydrogens (tertiary/aromatic N) is 2. The summed E-state index contributed by atoms with van der Waals surface area (Å²) in [6, 6.07) is 63.2. The van der Waals surface area contributed by atoms with E-state index in [2.05, 4.69) is 232 Å². The molecule has 52 heavy (non-hydrogen) atoms. The van der Waals surface area contributed by atoms with Gasteiger partial charge in [-0.1, -0.05) is 147 Å². The van der Waals surface area contributed by atoms with Crippen molar-refractivity contribution in [2.75, 3.05) is 9.80 Å². The predicted molar refractivity (Wildman–Crippen MR) is 225 cm³/mol. The van der Waals surface area contributed by atoms with Crippen LogP contribution < -0.4 is 9.80 Å². The third kappa shape index (κ3) is 7.77. The van der Waals surface area contributed by atoms with Crippen LogP contribution in [0.25, 0.3) is 23.3 Å². The molecular formula is C50H46N2. The van der Waals surface area contributed by atoms with Gasteiger partial charge in [0.05, 0.1) is 0 Å². The Balaban J connectivity index is 1.14. The molecule has 0 radical (unpaired) electrons. The number of hydrogen-bond acceptors (Lipinski definition) is 2. The first-order valence-corrected chi connectivity index (χ1v) is 18.1. The third-order valence-corrected chi connectivity index (χ3v) is 9.54. The molecule has 0 N–H and O–H groups in total. The third-order valence-electron chi connectivity index (χ3n) is 9.54. The fourth-order valence-corrected chi connectivity index (χ4v) is 6.69. The molecule has 7 aromatic rings. The molecule has 0 saturated carbocycles. The summed E-state index contributed by atoms with van der Waals surface area (Å²) in [6.07, 6.45) is 4.49. The van der Waals surface area contributed by atoms with Gasteiger partial charge in [0.2, 0.25) is 0 Å². The van der Waals surface area contributed by atoms with Gasteiger partial charge in [0.1, 0.15) is 0 Å². The predicted octanol–water partition coefficient (Wildman–Crippen LogP) is 14.4. The zero-order valence-electron chi connectivity index (χ0n) is 30.8. The summed E-state index contributed by atoms with van der Waals surface area (Å²) in [6.45, 7) is 11.2. The van der Waals surface area contributed by atoms with Crippen LogP contribution in [0.3, 0.4) is 0 Å². The van der Waals surface area contributed by atoms with Crippen molar-refractivity contribution in [1.82, 2.24) is 0 Å². The van der Waals surface area contributed by atoms with Gasteiger partial charge in [0.25, 0.3) is 0 Å². The van der Waals surface area contributed by atoms with Gasteiger partial charge in [-0.15, -0.1) is 0 Å². The summed E-state index contributed by atoms with van der Waals surface area (Å²) in [5.74, 6) is 0. The molecular weight excluding hydrogens is 629 g/mol. The van der Waals surface area contributed by atoms with E-state index in [0.29, 0.717) is 0 Å². The summed E-state index contributed by atoms with van der Waals surface area (Å²) >= 11 is 0. The molecule has 0 aliphatic carbocycles. The summed E-state index contributed by atoms with van der Waals surface area (Å²) in [5.41, 5.74) is 15.4. The molecule has 0 bridgehead atoms. The van der Waals surface area contributed by atoms with Crippen LogP contribution in [0.2, 0.25) is 0 Å². The Bertz CT molecular complexity index is 2160. The number of aryl methyl sites for hydroxylation is 2. The molecule has 0 aromatic heterocycles. The lowest BCUT2D eigenvalue weighted by Crippen LogP contribution is -2.16. The smallest absolute Gasteiger partial charge is 0.0464 e. The SMILES string of the molecule is Cc1ccc(N(c2ccc(C)cc2)c2ccc(C=Cc3ccc(-c4ccc(N(c5ccccc5)c5ccccc5)cc4)cc3)c(C(C)(C)C)c2)cc1. The Labute approximate surface area is 310 Å². The Hall–Kier alpha value is -6.12. The van der Waals surface area contributed by atoms with Crippen molar-refractivity contribution in [3.63, 3.8) is 0 Å². The summed E-state index contributed by atoms with van der Waals surface area (Å²) < 4.78 is 0. The van der Waals surface area contributed by atoms with Gasteiger partial charge in [-0.25, -0.2) is 0 Å². The maximum Gasteiger partial charge on any atom is 0.0464 e. The summed E-state index contributed by atoms with van der Waals surface area (Å²) in [4.78, 5) is 4.65. The fraction of sp³-hybridized carbons (Fsp3) is 0.120. The van der Waals surface area contributed by atoms with Crippen LogP contribution in [0.5, 0.6) is 0 Å². The second-order valence-electron chi connectivity index (χ2n) is 14.5. The Kier molecular flexibility index (Phi) is 9.91. The quantitative estimate of drug-likeness (QED) is 0.141. The largest absolute Gasteiger partial charge is 0.311 e. The van der Waals surface area contributed by atoms with Crippen LogP contribution in [0.1, 0.15) is 48.6 Å². The highest BCUT2D eigenvalue weighted by molar-refractivity contribution is 5.81. The van der Waals surface area contributed by atoms with E-state index in [9.17, 15) is 0 Å². The maximum absolute atomic E-state index is 2.36. The standard InChI is InChI=1S/C50H46N2/c1-37-16-29-45(30-17-37)52(46-31-18-38(2)19-32-46)48-35-28-42(49(36-48)50(3,4)5)25-22-39-20-23-40(24-21-39)41-26-33-47(34-27-41)51(43-12-8-6-9-13-43)44-14-10-7-11-15-44/h6-36H,1-5H3. The zero-order valence-corrected chi connectivity index (χ0v) is 30.8. The van der Waals surface area contributed by atoms with E-state index in [4.69, 9.17) is 0 Å². The van der Waals surface area contributed by atoms with Crippen LogP contribution in [-0.2, 0) is 5.41 Å². The average molecular weight is 675 g/mol. The molecule has 0 amide bonds. The molecule has 0 spiro atoms. The summed E-state index contributed by atoms with van der Waals surface area (Å²) in [7, 11) is 0. The molecule has 0 atom stereocenters. The van der Waals surface area contributed by atoms with Crippen LogP contribution in [-0.4, -0.2) is 0 Å². The Morgan fingerprint density at radius 1 is 0.385 bits per heavy atom. The monoisotopic (exact) mass is 674 g/mol. The van der Waals surface area contributed by atoms with Crippen molar-refractivity contribution in [3.05, 3.63) is 204 Å². The van der Waals surface area contributed by atoms with E-state index in [1.54, 1.807) is 0 Å². The first kappa shape index (κ1) is 34.3. The van der Waals surface area contributed by atoms with Gasteiger partial charge in [-0.3, -0.25) is 0 Å². The van der Waals surface area contributed by atoms with Gasteiger partial charge in [0.15, 0.2) is 0 Å². The molecule has 256 valence electrons. The van der Waals surface area contributed by atoms with E-state index in [-0.39, 0.29) is 5.41 Å². The minimum Gasteiger partial charge on any atom is -0.311 e. The van der Waals surface area contributed by atoms with Crippen molar-refractivity contribution in [2.24, 2.45) is 0 Å². The van der Waals surface area contributed by atoms with E-state index in [0.717, 1.165) is 34.1 Å². The van der Waals surface area contributed by atoms with Crippen molar-refractivity contribution in [3.8, 4) is 11.1 Å². The van der Waals surface area contributed by atoms with E-state index >= 15 is 0 Å². The number of benzene rings is 7. The lowest BCUT2D eigenvalue weighted by molar-refractivity contribution is 0.589. The lowest BCUT2D eigenvalue weighted by Gasteiger charge is -2.29. The molecule has 7 aromatic carbocycles. The van der Waals surface area contributed by atoms with Gasteiger partial charge in [-0.05, 0) is 120 Å². The second kappa shape index (κ2) is 15.0. The van der Waals surface area contributed by atoms with Crippen molar-refractivity contribution >= 4 is 46.3 Å². The Morgan fingerprint density at radius 2 is 0.769 bits per heavy atom. The van der Waals surface area contributed by atoms with Gasteiger partial charge >= 0.3 is 0 Å². The normalized spacial score (nSPS) is 11.5. The molecule has 2 nitrogen and oxygen atoms in total. The van der Waals surface area contributed by atoms with Crippen molar-refractivity contribution < 1.29 is 0 Å². The number of rotatable bonds is 9. The zero-order chi connectivity index (χ0) is 36.1. The highest BCUT2D eigenvalue weighted by Gasteiger charge is 2.21. The number of hydrogen-bond donors (Lipinski definition) is 0. The number of para-hydroxylation sites is 2. The van der Waals surface area contributed by atoms with E-state index in [1.807, 2.05) is 0 Å². The molecule has 0 heterocycles. The first-order chi connectivity index (χ1) is 25.2. The number of anilines is 6. The fourth-order valence-electron chi connectivity index (χ4n) is 6.69. The van der Waals surface area contributed by atoms with Crippen LogP contribution in [0, 0.1) is 13.8 Å². The Morgan fingerprint density at radius 3 is 1.23 bits per heavy atom. The molecule has 0 unspecified atom stereocenters. The van der Waals surface area contributed by atoms with Gasteiger partial charge in [-0.2, -0.15) is 0 Å². The van der Waals surface area contributed by atoms with Crippen LogP contribution in [0.4, 0.5) is 34.1 Å². The van der Waals surface area contributed by atoms with Crippen LogP contribution >= 0.6 is 0 Å². The second-order valence-corrected chi connectivity index (χ2v) is 14.5. The van der Waals surface area contributed by atoms with Crippen molar-refractivity contribution in [2.45, 2.75) is 40.0 Å². The minimum atomic E-state index is -0.0471. The highest BCUT2D eigenvalue weighted by Crippen LogP contribution is 2.39. The molecule has 0 aliphatic rings. The molecule has 0 fully saturated rings. The van der Waals surface area contributed by atoms with E-state index < -0.39 is 0 Å². The van der Waals surface area contributed by atoms with Gasteiger partial charge < -0.3 is 9.80 Å². The van der Waals surface area contributed by atoms with E-state index in [1.165, 1.54) is 38.9 Å². The topological polar surface area (TPSA) is 6.48 Å². The molecule has 7 rings (SSSR count). The molecule has 0 saturated heterocycles. The van der Waals surface area contributed by atoms with Crippen LogP contribution in [0.15, 0.2) is 176 Å². The lowest BCUT2D eigenvalue weighted by atomic mass is 9.83.